The van der Waals surface area contributed by atoms with E-state index < -0.39 is 0 Å². The molecule has 2 nitrogen and oxygen atoms in total. The average molecular weight is 175 g/mol. The molecule has 0 aliphatic rings. The van der Waals surface area contributed by atoms with Crippen molar-refractivity contribution in [2.75, 3.05) is 25.6 Å². The van der Waals surface area contributed by atoms with Crippen LogP contribution in [0.1, 0.15) is 5.56 Å². The topological polar surface area (TPSA) is 23.5 Å². The number of aliphatic hydroxyl groups is 1. The number of anilines is 1. The molecule has 2 heteroatoms. The van der Waals surface area contributed by atoms with E-state index in [1.54, 1.807) is 0 Å². The van der Waals surface area contributed by atoms with Crippen molar-refractivity contribution < 1.29 is 5.11 Å². The molecule has 0 aliphatic carbocycles. The van der Waals surface area contributed by atoms with Crippen LogP contribution in [-0.2, 0) is 0 Å². The van der Waals surface area contributed by atoms with Crippen LogP contribution in [0, 0.1) is 11.8 Å². The predicted octanol–water partition coefficient (Wildman–Crippen LogP) is 1.10. The molecule has 0 saturated heterocycles. The molecule has 0 aliphatic heterocycles. The summed E-state index contributed by atoms with van der Waals surface area (Å²) in [5.74, 6) is 5.45. The van der Waals surface area contributed by atoms with Gasteiger partial charge in [-0.25, -0.2) is 0 Å². The maximum Gasteiger partial charge on any atom is 0.104 e. The third-order valence-corrected chi connectivity index (χ3v) is 1.70. The lowest BCUT2D eigenvalue weighted by atomic mass is 10.2. The van der Waals surface area contributed by atoms with Crippen molar-refractivity contribution in [1.29, 1.82) is 0 Å². The molecule has 0 saturated carbocycles. The van der Waals surface area contributed by atoms with Crippen molar-refractivity contribution in [2.24, 2.45) is 0 Å². The van der Waals surface area contributed by atoms with Crippen LogP contribution in [0.5, 0.6) is 0 Å². The van der Waals surface area contributed by atoms with Crippen molar-refractivity contribution in [3.8, 4) is 11.8 Å². The standard InChI is InChI=1S/C11H13NO/c1-12(2)11-7-5-10(6-8-11)4-3-9-13/h5-8,13H,9H2,1-2H3. The molecule has 1 aromatic rings. The minimum Gasteiger partial charge on any atom is -0.384 e. The third kappa shape index (κ3) is 2.81. The Labute approximate surface area is 78.8 Å². The zero-order valence-electron chi connectivity index (χ0n) is 7.91. The van der Waals surface area contributed by atoms with Gasteiger partial charge in [0.25, 0.3) is 0 Å². The number of rotatable bonds is 1. The van der Waals surface area contributed by atoms with Crippen molar-refractivity contribution in [1.82, 2.24) is 0 Å². The van der Waals surface area contributed by atoms with E-state index in [1.807, 2.05) is 43.3 Å². The molecule has 0 aromatic heterocycles. The molecule has 0 atom stereocenters. The van der Waals surface area contributed by atoms with Gasteiger partial charge in [0.1, 0.15) is 6.61 Å². The van der Waals surface area contributed by atoms with E-state index in [4.69, 9.17) is 5.11 Å². The molecule has 0 spiro atoms. The largest absolute Gasteiger partial charge is 0.384 e. The number of hydrogen-bond acceptors (Lipinski definition) is 2. The van der Waals surface area contributed by atoms with E-state index in [0.717, 1.165) is 11.3 Å². The first-order chi connectivity index (χ1) is 6.24. The van der Waals surface area contributed by atoms with Gasteiger partial charge in [0.05, 0.1) is 0 Å². The van der Waals surface area contributed by atoms with Crippen LogP contribution in [0.4, 0.5) is 5.69 Å². The molecule has 68 valence electrons. The summed E-state index contributed by atoms with van der Waals surface area (Å²) in [5.41, 5.74) is 2.08. The van der Waals surface area contributed by atoms with Gasteiger partial charge < -0.3 is 10.0 Å². The van der Waals surface area contributed by atoms with Gasteiger partial charge in [-0.2, -0.15) is 0 Å². The van der Waals surface area contributed by atoms with Crippen LogP contribution in [0.25, 0.3) is 0 Å². The van der Waals surface area contributed by atoms with E-state index in [9.17, 15) is 0 Å². The van der Waals surface area contributed by atoms with Gasteiger partial charge >= 0.3 is 0 Å². The third-order valence-electron chi connectivity index (χ3n) is 1.70. The quantitative estimate of drug-likeness (QED) is 0.646. The normalized spacial score (nSPS) is 8.85. The van der Waals surface area contributed by atoms with Crippen molar-refractivity contribution in [3.63, 3.8) is 0 Å². The van der Waals surface area contributed by atoms with Crippen molar-refractivity contribution >= 4 is 5.69 Å². The Kier molecular flexibility index (Phi) is 3.36. The molecule has 0 radical (unpaired) electrons. The van der Waals surface area contributed by atoms with Gasteiger partial charge in [-0.05, 0) is 24.3 Å². The first kappa shape index (κ1) is 9.63. The highest BCUT2D eigenvalue weighted by molar-refractivity contribution is 5.49. The van der Waals surface area contributed by atoms with E-state index in [2.05, 4.69) is 11.8 Å². The summed E-state index contributed by atoms with van der Waals surface area (Å²) in [6.07, 6.45) is 0. The molecule has 0 amide bonds. The molecule has 1 rings (SSSR count). The summed E-state index contributed by atoms with van der Waals surface area (Å²) in [5, 5.41) is 8.49. The fraction of sp³-hybridized carbons (Fsp3) is 0.273. The molecule has 1 aromatic carbocycles. The van der Waals surface area contributed by atoms with Gasteiger partial charge in [0.15, 0.2) is 0 Å². The molecule has 13 heavy (non-hydrogen) atoms. The maximum absolute atomic E-state index is 8.49. The first-order valence-electron chi connectivity index (χ1n) is 4.11. The van der Waals surface area contributed by atoms with Crippen LogP contribution in [0.15, 0.2) is 24.3 Å². The van der Waals surface area contributed by atoms with E-state index in [0.29, 0.717) is 0 Å². The monoisotopic (exact) mass is 175 g/mol. The number of aliphatic hydroxyl groups excluding tert-OH is 1. The minimum atomic E-state index is -0.0879. The lowest BCUT2D eigenvalue weighted by molar-refractivity contribution is 0.350. The fourth-order valence-electron chi connectivity index (χ4n) is 0.984. The molecule has 0 heterocycles. The predicted molar refractivity (Wildman–Crippen MR) is 54.7 cm³/mol. The van der Waals surface area contributed by atoms with Gasteiger partial charge in [0, 0.05) is 25.3 Å². The number of benzene rings is 1. The number of hydrogen-bond donors (Lipinski definition) is 1. The summed E-state index contributed by atoms with van der Waals surface area (Å²) in [4.78, 5) is 2.03. The SMILES string of the molecule is CN(C)c1ccc(C#CCO)cc1. The average Bonchev–Trinajstić information content (AvgIpc) is 2.15. The minimum absolute atomic E-state index is 0.0879. The Morgan fingerprint density at radius 1 is 1.23 bits per heavy atom. The zero-order valence-corrected chi connectivity index (χ0v) is 7.91. The second kappa shape index (κ2) is 4.54. The summed E-state index contributed by atoms with van der Waals surface area (Å²) in [7, 11) is 3.99. The van der Waals surface area contributed by atoms with Crippen molar-refractivity contribution in [3.05, 3.63) is 29.8 Å². The van der Waals surface area contributed by atoms with Crippen LogP contribution in [0.3, 0.4) is 0 Å². The molecule has 0 fully saturated rings. The fourth-order valence-corrected chi connectivity index (χ4v) is 0.984. The Hall–Kier alpha value is -1.46. The van der Waals surface area contributed by atoms with Gasteiger partial charge in [-0.15, -0.1) is 0 Å². The smallest absolute Gasteiger partial charge is 0.104 e. The van der Waals surface area contributed by atoms with E-state index in [-0.39, 0.29) is 6.61 Å². The second-order valence-electron chi connectivity index (χ2n) is 2.90. The van der Waals surface area contributed by atoms with Crippen molar-refractivity contribution in [2.45, 2.75) is 0 Å². The Morgan fingerprint density at radius 3 is 2.31 bits per heavy atom. The molecule has 0 bridgehead atoms. The zero-order chi connectivity index (χ0) is 9.68. The van der Waals surface area contributed by atoms with Gasteiger partial charge in [-0.3, -0.25) is 0 Å². The highest BCUT2D eigenvalue weighted by Gasteiger charge is 1.92. The second-order valence-corrected chi connectivity index (χ2v) is 2.90. The highest BCUT2D eigenvalue weighted by Crippen LogP contribution is 2.11. The Balaban J connectivity index is 2.81. The highest BCUT2D eigenvalue weighted by atomic mass is 16.2. The van der Waals surface area contributed by atoms with E-state index in [1.165, 1.54) is 0 Å². The van der Waals surface area contributed by atoms with Gasteiger partial charge in [0.2, 0.25) is 0 Å². The van der Waals surface area contributed by atoms with Crippen LogP contribution >= 0.6 is 0 Å². The molecule has 0 unspecified atom stereocenters. The molecule has 1 N–H and O–H groups in total. The Morgan fingerprint density at radius 2 is 1.85 bits per heavy atom. The summed E-state index contributed by atoms with van der Waals surface area (Å²) in [6, 6.07) is 7.89. The lowest BCUT2D eigenvalue weighted by Gasteiger charge is -2.11. The van der Waals surface area contributed by atoms with Crippen LogP contribution in [0.2, 0.25) is 0 Å². The maximum atomic E-state index is 8.49. The molecular weight excluding hydrogens is 162 g/mol. The van der Waals surface area contributed by atoms with E-state index >= 15 is 0 Å². The first-order valence-corrected chi connectivity index (χ1v) is 4.11. The molecular formula is C11H13NO. The van der Waals surface area contributed by atoms with Crippen LogP contribution in [-0.4, -0.2) is 25.8 Å². The summed E-state index contributed by atoms with van der Waals surface area (Å²) in [6.45, 7) is -0.0879. The lowest BCUT2D eigenvalue weighted by Crippen LogP contribution is -2.07. The summed E-state index contributed by atoms with van der Waals surface area (Å²) >= 11 is 0. The number of nitrogens with zero attached hydrogens (tertiary/aromatic N) is 1. The van der Waals surface area contributed by atoms with Crippen LogP contribution < -0.4 is 4.90 Å². The summed E-state index contributed by atoms with van der Waals surface area (Å²) < 4.78 is 0. The van der Waals surface area contributed by atoms with Gasteiger partial charge in [-0.1, -0.05) is 11.8 Å². The Bertz CT molecular complexity index is 316.